The number of hydrogen-bond donors (Lipinski definition) is 3. The monoisotopic (exact) mass is 390 g/mol. The number of Topliss-reactive ketones (excluding diaryl/α,β-unsaturated/α-hetero) is 1. The summed E-state index contributed by atoms with van der Waals surface area (Å²) < 4.78 is 0. The van der Waals surface area contributed by atoms with Gasteiger partial charge in [0.1, 0.15) is 0 Å². The number of carbonyl (C=O) groups excluding carboxylic acids is 2. The molecular weight excluding hydrogens is 360 g/mol. The van der Waals surface area contributed by atoms with Crippen molar-refractivity contribution < 1.29 is 14.4 Å². The van der Waals surface area contributed by atoms with Gasteiger partial charge in [-0.05, 0) is 24.8 Å². The summed E-state index contributed by atoms with van der Waals surface area (Å²) in [5, 5.41) is 0. The minimum Gasteiger partial charge on any atom is -0.357 e. The Balaban J connectivity index is 2.35. The maximum absolute atomic E-state index is 13.5. The first-order valence-corrected chi connectivity index (χ1v) is 9.47. The van der Waals surface area contributed by atoms with Crippen molar-refractivity contribution in [3.05, 3.63) is 35.9 Å². The number of rotatable bonds is 10. The summed E-state index contributed by atoms with van der Waals surface area (Å²) in [6.45, 7) is 1.93. The zero-order valence-corrected chi connectivity index (χ0v) is 16.3. The molecule has 9 heteroatoms. The van der Waals surface area contributed by atoms with Gasteiger partial charge in [0.2, 0.25) is 0 Å². The number of hydrazine groups is 1. The first-order chi connectivity index (χ1) is 13.6. The minimum atomic E-state index is -1.15. The molecule has 1 aliphatic heterocycles. The van der Waals surface area contributed by atoms with Gasteiger partial charge in [-0.3, -0.25) is 19.6 Å². The Morgan fingerprint density at radius 1 is 1.32 bits per heavy atom. The molecule has 28 heavy (non-hydrogen) atoms. The van der Waals surface area contributed by atoms with E-state index in [1.807, 2.05) is 30.3 Å². The van der Waals surface area contributed by atoms with Crippen LogP contribution in [0.4, 0.5) is 4.79 Å². The van der Waals surface area contributed by atoms with Gasteiger partial charge in [-0.2, -0.15) is 5.90 Å². The van der Waals surface area contributed by atoms with Gasteiger partial charge < -0.3 is 10.3 Å². The van der Waals surface area contributed by atoms with Crippen LogP contribution >= 0.6 is 0 Å². The summed E-state index contributed by atoms with van der Waals surface area (Å²) in [6.07, 6.45) is 3.79. The van der Waals surface area contributed by atoms with Gasteiger partial charge in [-0.25, -0.2) is 10.6 Å². The van der Waals surface area contributed by atoms with E-state index in [0.717, 1.165) is 31.5 Å². The number of nitrogens with zero attached hydrogens (tertiary/aromatic N) is 3. The molecule has 1 atom stereocenters. The van der Waals surface area contributed by atoms with E-state index in [0.29, 0.717) is 19.4 Å². The normalized spacial score (nSPS) is 16.7. The molecule has 5 N–H and O–H groups in total. The second-order valence-corrected chi connectivity index (χ2v) is 6.84. The highest BCUT2D eigenvalue weighted by molar-refractivity contribution is 5.91. The molecular formula is C19H30N6O3. The Morgan fingerprint density at radius 3 is 2.61 bits per heavy atom. The number of nitrogens with one attached hydrogen (secondary N) is 1. The number of aliphatic imine (C=N–C) groups is 1. The van der Waals surface area contributed by atoms with E-state index in [9.17, 15) is 9.59 Å². The van der Waals surface area contributed by atoms with Crippen LogP contribution in [0.3, 0.4) is 0 Å². The highest BCUT2D eigenvalue weighted by Crippen LogP contribution is 2.31. The quantitative estimate of drug-likeness (QED) is 0.177. The Hall–Kier alpha value is -2.49. The predicted molar refractivity (Wildman–Crippen MR) is 107 cm³/mol. The van der Waals surface area contributed by atoms with Gasteiger partial charge in [0, 0.05) is 39.5 Å². The lowest BCUT2D eigenvalue weighted by Crippen LogP contribution is -2.66. The number of hydrogen-bond acceptors (Lipinski definition) is 7. The maximum Gasteiger partial charge on any atom is 0.430 e. The van der Waals surface area contributed by atoms with Gasteiger partial charge in [0.25, 0.3) is 0 Å². The molecule has 9 nitrogen and oxygen atoms in total. The molecule has 1 aromatic rings. The van der Waals surface area contributed by atoms with Crippen LogP contribution in [0.25, 0.3) is 0 Å². The standard InChI is InChI=1S/C19H30N6O3/c1-24(18(27)28-21)19(25-12-5-6-13-25,14-16-8-3-2-4-9-16)17(26)10-7-11-22-15-23-20/h2-4,8-9,15H,5-7,10-14,20-21H2,1H3,(H,22,23). The maximum atomic E-state index is 13.5. The molecule has 0 spiro atoms. The van der Waals surface area contributed by atoms with Crippen LogP contribution in [-0.2, 0) is 16.1 Å². The fraction of sp³-hybridized carbons (Fsp3) is 0.526. The first kappa shape index (κ1) is 21.8. The molecule has 1 saturated heterocycles. The third kappa shape index (κ3) is 5.06. The predicted octanol–water partition coefficient (Wildman–Crippen LogP) is 0.804. The van der Waals surface area contributed by atoms with Crippen molar-refractivity contribution in [1.29, 1.82) is 0 Å². The summed E-state index contributed by atoms with van der Waals surface area (Å²) in [5.74, 6) is 10.3. The van der Waals surface area contributed by atoms with Gasteiger partial charge >= 0.3 is 6.09 Å². The second-order valence-electron chi connectivity index (χ2n) is 6.84. The van der Waals surface area contributed by atoms with Crippen LogP contribution in [0.2, 0.25) is 0 Å². The molecule has 0 bridgehead atoms. The lowest BCUT2D eigenvalue weighted by Gasteiger charge is -2.46. The summed E-state index contributed by atoms with van der Waals surface area (Å²) in [7, 11) is 1.57. The highest BCUT2D eigenvalue weighted by Gasteiger charge is 2.50. The SMILES string of the molecule is CN(C(=O)ON)C(Cc1ccccc1)(C(=O)CCCN=CNN)N1CCCC1. The third-order valence-corrected chi connectivity index (χ3v) is 5.16. The molecule has 154 valence electrons. The lowest BCUT2D eigenvalue weighted by molar-refractivity contribution is -0.142. The molecule has 0 aliphatic carbocycles. The molecule has 0 saturated carbocycles. The Bertz CT molecular complexity index is 663. The molecule has 0 radical (unpaired) electrons. The van der Waals surface area contributed by atoms with Crippen molar-refractivity contribution in [2.24, 2.45) is 16.7 Å². The number of nitrogens with two attached hydrogens (primary N) is 2. The van der Waals surface area contributed by atoms with Crippen molar-refractivity contribution in [3.63, 3.8) is 0 Å². The zero-order chi connectivity index (χ0) is 20.4. The van der Waals surface area contributed by atoms with E-state index in [-0.39, 0.29) is 12.2 Å². The van der Waals surface area contributed by atoms with Crippen LogP contribution in [-0.4, -0.2) is 60.4 Å². The van der Waals surface area contributed by atoms with Crippen molar-refractivity contribution >= 4 is 18.2 Å². The van der Waals surface area contributed by atoms with Crippen molar-refractivity contribution in [2.45, 2.75) is 37.8 Å². The van der Waals surface area contributed by atoms with Gasteiger partial charge in [-0.15, -0.1) is 0 Å². The smallest absolute Gasteiger partial charge is 0.357 e. The van der Waals surface area contributed by atoms with Crippen LogP contribution < -0.4 is 17.2 Å². The van der Waals surface area contributed by atoms with E-state index >= 15 is 0 Å². The third-order valence-electron chi connectivity index (χ3n) is 5.16. The Morgan fingerprint density at radius 2 is 2.00 bits per heavy atom. The van der Waals surface area contributed by atoms with E-state index in [4.69, 9.17) is 11.7 Å². The lowest BCUT2D eigenvalue weighted by atomic mass is 9.89. The number of likely N-dealkylation sites (N-methyl/N-ethyl adjacent to an activating group) is 1. The number of ketones is 1. The Kier molecular flexibility index (Phi) is 8.37. The number of carbonyl (C=O) groups is 2. The second kappa shape index (κ2) is 10.7. The fourth-order valence-electron chi connectivity index (χ4n) is 3.75. The van der Waals surface area contributed by atoms with E-state index in [2.05, 4.69) is 20.2 Å². The van der Waals surface area contributed by atoms with E-state index in [1.54, 1.807) is 7.05 Å². The summed E-state index contributed by atoms with van der Waals surface area (Å²) in [4.78, 5) is 37.9. The van der Waals surface area contributed by atoms with Crippen LogP contribution in [0.1, 0.15) is 31.2 Å². The summed E-state index contributed by atoms with van der Waals surface area (Å²) in [5.41, 5.74) is 2.15. The molecule has 0 aromatic heterocycles. The number of likely N-dealkylation sites (tertiary alicyclic amines) is 1. The van der Waals surface area contributed by atoms with Gasteiger partial charge in [0.15, 0.2) is 11.4 Å². The number of benzene rings is 1. The molecule has 1 heterocycles. The minimum absolute atomic E-state index is 0.0536. The first-order valence-electron chi connectivity index (χ1n) is 9.47. The van der Waals surface area contributed by atoms with Crippen molar-refractivity contribution in [1.82, 2.24) is 15.2 Å². The van der Waals surface area contributed by atoms with Gasteiger partial charge in [0.05, 0.1) is 6.34 Å². The Labute approximate surface area is 165 Å². The highest BCUT2D eigenvalue weighted by atomic mass is 16.7. The van der Waals surface area contributed by atoms with E-state index < -0.39 is 11.8 Å². The summed E-state index contributed by atoms with van der Waals surface area (Å²) in [6, 6.07) is 9.67. The van der Waals surface area contributed by atoms with Crippen molar-refractivity contribution in [3.8, 4) is 0 Å². The number of amides is 1. The van der Waals surface area contributed by atoms with E-state index in [1.165, 1.54) is 11.2 Å². The molecule has 1 aliphatic rings. The van der Waals surface area contributed by atoms with Gasteiger partial charge in [-0.1, -0.05) is 30.3 Å². The average molecular weight is 390 g/mol. The molecule has 1 amide bonds. The largest absolute Gasteiger partial charge is 0.430 e. The fourth-order valence-corrected chi connectivity index (χ4v) is 3.75. The van der Waals surface area contributed by atoms with Crippen molar-refractivity contribution in [2.75, 3.05) is 26.7 Å². The molecule has 1 fully saturated rings. The average Bonchev–Trinajstić information content (AvgIpc) is 3.26. The summed E-state index contributed by atoms with van der Waals surface area (Å²) >= 11 is 0. The van der Waals surface area contributed by atoms with Crippen LogP contribution in [0.5, 0.6) is 0 Å². The molecule has 1 aromatic carbocycles. The molecule has 2 rings (SSSR count). The van der Waals surface area contributed by atoms with Crippen LogP contribution in [0, 0.1) is 0 Å². The topological polar surface area (TPSA) is 126 Å². The van der Waals surface area contributed by atoms with Crippen LogP contribution in [0.15, 0.2) is 35.3 Å². The zero-order valence-electron chi connectivity index (χ0n) is 16.3. The molecule has 1 unspecified atom stereocenters.